The van der Waals surface area contributed by atoms with Crippen LogP contribution in [0.25, 0.3) is 27.8 Å². The summed E-state index contributed by atoms with van der Waals surface area (Å²) in [6.45, 7) is 4.72. The van der Waals surface area contributed by atoms with Crippen molar-refractivity contribution in [3.63, 3.8) is 0 Å². The molecule has 2 aromatic heterocycles. The third-order valence-corrected chi connectivity index (χ3v) is 6.11. The normalized spacial score (nSPS) is 14.0. The number of halogens is 1. The smallest absolute Gasteiger partial charge is 0.409 e. The van der Waals surface area contributed by atoms with E-state index in [-0.39, 0.29) is 6.09 Å². The van der Waals surface area contributed by atoms with Gasteiger partial charge in [-0.2, -0.15) is 0 Å². The van der Waals surface area contributed by atoms with Crippen LogP contribution in [0.15, 0.2) is 67.1 Å². The van der Waals surface area contributed by atoms with Gasteiger partial charge in [0.25, 0.3) is 0 Å². The minimum Gasteiger partial charge on any atom is -0.450 e. The number of carbonyl (C=O) groups is 1. The predicted octanol–water partition coefficient (Wildman–Crippen LogP) is 5.02. The summed E-state index contributed by atoms with van der Waals surface area (Å²) in [6, 6.07) is 18.0. The van der Waals surface area contributed by atoms with Gasteiger partial charge in [0.2, 0.25) is 0 Å². The van der Waals surface area contributed by atoms with E-state index in [4.69, 9.17) is 16.3 Å². The molecular weight excluding hydrogens is 438 g/mol. The van der Waals surface area contributed by atoms with Crippen LogP contribution in [-0.2, 0) is 4.74 Å². The Labute approximate surface area is 197 Å². The van der Waals surface area contributed by atoms with Crippen molar-refractivity contribution in [2.24, 2.45) is 0 Å². The van der Waals surface area contributed by atoms with Gasteiger partial charge in [0.1, 0.15) is 12.1 Å². The second kappa shape index (κ2) is 9.11. The molecule has 0 aliphatic carbocycles. The third kappa shape index (κ3) is 4.12. The monoisotopic (exact) mass is 461 g/mol. The van der Waals surface area contributed by atoms with E-state index in [1.165, 1.54) is 0 Å². The number of benzene rings is 2. The number of carbonyl (C=O) groups excluding carboxylic acids is 1. The summed E-state index contributed by atoms with van der Waals surface area (Å²) < 4.78 is 7.24. The molecule has 33 heavy (non-hydrogen) atoms. The predicted molar refractivity (Wildman–Crippen MR) is 130 cm³/mol. The Kier molecular flexibility index (Phi) is 5.88. The average molecular weight is 462 g/mol. The summed E-state index contributed by atoms with van der Waals surface area (Å²) in [5, 5.41) is 1.68. The Morgan fingerprint density at radius 1 is 1.00 bits per heavy atom. The molecule has 0 atom stereocenters. The van der Waals surface area contributed by atoms with Gasteiger partial charge in [-0.05, 0) is 36.8 Å². The Morgan fingerprint density at radius 2 is 1.73 bits per heavy atom. The molecule has 1 fully saturated rings. The van der Waals surface area contributed by atoms with E-state index in [1.807, 2.05) is 49.4 Å². The summed E-state index contributed by atoms with van der Waals surface area (Å²) >= 11 is 6.12. The first-order valence-corrected chi connectivity index (χ1v) is 11.4. The van der Waals surface area contributed by atoms with Crippen LogP contribution in [0.1, 0.15) is 6.92 Å². The minimum atomic E-state index is -0.260. The maximum Gasteiger partial charge on any atom is 0.409 e. The molecule has 0 radical (unpaired) electrons. The highest BCUT2D eigenvalue weighted by Gasteiger charge is 2.26. The third-order valence-electron chi connectivity index (χ3n) is 5.86. The molecule has 0 saturated carbocycles. The molecule has 1 aliphatic heterocycles. The molecule has 1 saturated heterocycles. The molecule has 8 heteroatoms. The Morgan fingerprint density at radius 3 is 2.42 bits per heavy atom. The van der Waals surface area contributed by atoms with Gasteiger partial charge in [0.05, 0.1) is 12.0 Å². The van der Waals surface area contributed by atoms with Gasteiger partial charge in [0, 0.05) is 48.6 Å². The van der Waals surface area contributed by atoms with Crippen molar-refractivity contribution in [3.05, 3.63) is 72.1 Å². The highest BCUT2D eigenvalue weighted by Crippen LogP contribution is 2.37. The first-order valence-electron chi connectivity index (χ1n) is 11.0. The summed E-state index contributed by atoms with van der Waals surface area (Å²) in [4.78, 5) is 25.4. The van der Waals surface area contributed by atoms with E-state index < -0.39 is 0 Å². The largest absolute Gasteiger partial charge is 0.450 e. The number of ether oxygens (including phenoxy) is 1. The zero-order valence-corrected chi connectivity index (χ0v) is 19.1. The molecule has 5 rings (SSSR count). The number of anilines is 1. The summed E-state index contributed by atoms with van der Waals surface area (Å²) in [5.41, 5.74) is 3.96. The van der Waals surface area contributed by atoms with Crippen molar-refractivity contribution in [3.8, 4) is 16.8 Å². The first-order chi connectivity index (χ1) is 16.2. The minimum absolute atomic E-state index is 0.260. The fraction of sp³-hybridized carbons (Fsp3) is 0.240. The van der Waals surface area contributed by atoms with Crippen LogP contribution in [0.2, 0.25) is 5.02 Å². The fourth-order valence-corrected chi connectivity index (χ4v) is 4.36. The average Bonchev–Trinajstić information content (AvgIpc) is 3.25. The summed E-state index contributed by atoms with van der Waals surface area (Å²) in [5.74, 6) is 0.870. The standard InChI is InChI=1S/C25H24ClN5O2/c1-2-33-25(32)30-14-12-29(13-15-30)23-22-21(18-6-4-3-5-7-18)16-31(24(22)28-17-27-23)20-10-8-19(26)9-11-20/h3-11,16-17H,2,12-15H2,1H3. The number of nitrogens with zero attached hydrogens (tertiary/aromatic N) is 5. The molecule has 7 nitrogen and oxygen atoms in total. The molecule has 2 aromatic carbocycles. The number of rotatable bonds is 4. The fourth-order valence-electron chi connectivity index (χ4n) is 4.24. The Bertz CT molecular complexity index is 1270. The van der Waals surface area contributed by atoms with Crippen molar-refractivity contribution < 1.29 is 9.53 Å². The summed E-state index contributed by atoms with van der Waals surface area (Å²) in [7, 11) is 0. The molecule has 1 aliphatic rings. The first kappa shape index (κ1) is 21.3. The lowest BCUT2D eigenvalue weighted by atomic mass is 10.1. The van der Waals surface area contributed by atoms with Crippen LogP contribution in [-0.4, -0.2) is 58.3 Å². The second-order valence-electron chi connectivity index (χ2n) is 7.82. The quantitative estimate of drug-likeness (QED) is 0.427. The maximum absolute atomic E-state index is 12.1. The van der Waals surface area contributed by atoms with Crippen molar-refractivity contribution >= 4 is 34.5 Å². The second-order valence-corrected chi connectivity index (χ2v) is 8.26. The maximum atomic E-state index is 12.1. The molecule has 1 amide bonds. The lowest BCUT2D eigenvalue weighted by Crippen LogP contribution is -2.49. The zero-order chi connectivity index (χ0) is 22.8. The molecule has 4 aromatic rings. The van der Waals surface area contributed by atoms with Gasteiger partial charge in [-0.3, -0.25) is 0 Å². The zero-order valence-electron chi connectivity index (χ0n) is 18.3. The number of amides is 1. The number of fused-ring (bicyclic) bond motifs is 1. The van der Waals surface area contributed by atoms with E-state index in [2.05, 4.69) is 37.8 Å². The van der Waals surface area contributed by atoms with Crippen molar-refractivity contribution in [1.82, 2.24) is 19.4 Å². The van der Waals surface area contributed by atoms with Crippen molar-refractivity contribution in [1.29, 1.82) is 0 Å². The highest BCUT2D eigenvalue weighted by atomic mass is 35.5. The van der Waals surface area contributed by atoms with Crippen molar-refractivity contribution in [2.45, 2.75) is 6.92 Å². The van der Waals surface area contributed by atoms with Crippen LogP contribution in [0.3, 0.4) is 0 Å². The van der Waals surface area contributed by atoms with Crippen LogP contribution in [0.4, 0.5) is 10.6 Å². The van der Waals surface area contributed by atoms with Gasteiger partial charge in [-0.25, -0.2) is 14.8 Å². The molecule has 0 bridgehead atoms. The number of hydrogen-bond acceptors (Lipinski definition) is 5. The molecule has 0 N–H and O–H groups in total. The molecular formula is C25H24ClN5O2. The Hall–Kier alpha value is -3.58. The van der Waals surface area contributed by atoms with E-state index in [9.17, 15) is 4.79 Å². The number of piperazine rings is 1. The van der Waals surface area contributed by atoms with Gasteiger partial charge < -0.3 is 19.1 Å². The van der Waals surface area contributed by atoms with E-state index in [1.54, 1.807) is 11.2 Å². The number of aromatic nitrogens is 3. The van der Waals surface area contributed by atoms with Gasteiger partial charge in [-0.15, -0.1) is 0 Å². The van der Waals surface area contributed by atoms with Gasteiger partial charge in [0.15, 0.2) is 5.65 Å². The van der Waals surface area contributed by atoms with E-state index >= 15 is 0 Å². The lowest BCUT2D eigenvalue weighted by molar-refractivity contribution is 0.105. The highest BCUT2D eigenvalue weighted by molar-refractivity contribution is 6.30. The Balaban J connectivity index is 1.59. The van der Waals surface area contributed by atoms with Crippen LogP contribution < -0.4 is 4.90 Å². The van der Waals surface area contributed by atoms with Crippen LogP contribution in [0.5, 0.6) is 0 Å². The molecule has 0 unspecified atom stereocenters. The summed E-state index contributed by atoms with van der Waals surface area (Å²) in [6.07, 6.45) is 3.45. The molecule has 3 heterocycles. The van der Waals surface area contributed by atoms with E-state index in [0.717, 1.165) is 33.7 Å². The van der Waals surface area contributed by atoms with Crippen molar-refractivity contribution in [2.75, 3.05) is 37.7 Å². The topological polar surface area (TPSA) is 63.5 Å². The van der Waals surface area contributed by atoms with Gasteiger partial charge in [-0.1, -0.05) is 41.9 Å². The van der Waals surface area contributed by atoms with Crippen LogP contribution >= 0.6 is 11.6 Å². The lowest BCUT2D eigenvalue weighted by Gasteiger charge is -2.35. The molecule has 168 valence electrons. The van der Waals surface area contributed by atoms with Gasteiger partial charge >= 0.3 is 6.09 Å². The molecule has 0 spiro atoms. The number of hydrogen-bond donors (Lipinski definition) is 0. The van der Waals surface area contributed by atoms with Crippen LogP contribution in [0, 0.1) is 0 Å². The SMILES string of the molecule is CCOC(=O)N1CCN(c2ncnc3c2c(-c2ccccc2)cn3-c2ccc(Cl)cc2)CC1. The van der Waals surface area contributed by atoms with E-state index in [0.29, 0.717) is 37.8 Å².